The fourth-order valence-electron chi connectivity index (χ4n) is 1.27. The average Bonchev–Trinajstić information content (AvgIpc) is 2.75. The number of Topliss-reactive ketones (excluding diaryl/α,β-unsaturated/α-hetero) is 1. The van der Waals surface area contributed by atoms with Crippen LogP contribution in [0.1, 0.15) is 10.4 Å². The minimum Gasteiger partial charge on any atom is -0.319 e. The van der Waals surface area contributed by atoms with Crippen LogP contribution in [0.15, 0.2) is 39.8 Å². The lowest BCUT2D eigenvalue weighted by atomic mass is 10.1. The first-order chi connectivity index (χ1) is 7.68. The van der Waals surface area contributed by atoms with Gasteiger partial charge < -0.3 is 5.32 Å². The summed E-state index contributed by atoms with van der Waals surface area (Å²) in [5.74, 6) is 0.176. The molecule has 5 heteroatoms. The van der Waals surface area contributed by atoms with E-state index in [0.29, 0.717) is 20.8 Å². The predicted molar refractivity (Wildman–Crippen MR) is 67.3 cm³/mol. The molecular weight excluding hydrogens is 290 g/mol. The van der Waals surface area contributed by atoms with Gasteiger partial charge in [-0.05, 0) is 15.9 Å². The fraction of sp³-hybridized carbons (Fsp3) is 0.0909. The van der Waals surface area contributed by atoms with Crippen LogP contribution in [0.25, 0.3) is 0 Å². The molecule has 1 aliphatic rings. The molecule has 1 aromatic rings. The highest BCUT2D eigenvalue weighted by Gasteiger charge is 2.22. The second kappa shape index (κ2) is 4.84. The Hall–Kier alpha value is -1.07. The van der Waals surface area contributed by atoms with Gasteiger partial charge in [0, 0.05) is 5.56 Å². The van der Waals surface area contributed by atoms with Gasteiger partial charge in [0.15, 0.2) is 0 Å². The minimum atomic E-state index is -0.120. The van der Waals surface area contributed by atoms with Gasteiger partial charge in [0.25, 0.3) is 0 Å². The summed E-state index contributed by atoms with van der Waals surface area (Å²) in [6.07, 6.45) is 0. The van der Waals surface area contributed by atoms with Crippen molar-refractivity contribution >= 4 is 39.4 Å². The number of allylic oxidation sites excluding steroid dienone is 1. The highest BCUT2D eigenvalue weighted by molar-refractivity contribution is 9.12. The minimum absolute atomic E-state index is 0.0715. The van der Waals surface area contributed by atoms with E-state index < -0.39 is 0 Å². The number of carbonyl (C=O) groups is 2. The third kappa shape index (κ3) is 2.36. The Balaban J connectivity index is 2.26. The molecule has 1 saturated heterocycles. The molecule has 82 valence electrons. The molecule has 3 nitrogen and oxygen atoms in total. The zero-order valence-electron chi connectivity index (χ0n) is 8.20. The zero-order chi connectivity index (χ0) is 11.5. The van der Waals surface area contributed by atoms with Gasteiger partial charge in [0.2, 0.25) is 11.7 Å². The SMILES string of the molecule is O=C1CS/C(=C(\Br)C(=O)c2ccccc2)N1. The molecule has 1 aromatic carbocycles. The van der Waals surface area contributed by atoms with E-state index in [2.05, 4.69) is 21.2 Å². The van der Waals surface area contributed by atoms with E-state index in [9.17, 15) is 9.59 Å². The number of thioether (sulfide) groups is 1. The first-order valence-electron chi connectivity index (χ1n) is 4.60. The van der Waals surface area contributed by atoms with Crippen molar-refractivity contribution in [3.8, 4) is 0 Å². The smallest absolute Gasteiger partial charge is 0.235 e. The standard InChI is InChI=1S/C11H8BrNO2S/c12-9(11-13-8(14)6-16-11)10(15)7-4-2-1-3-5-7/h1-5H,6H2,(H,13,14)/b11-9-. The monoisotopic (exact) mass is 297 g/mol. The quantitative estimate of drug-likeness (QED) is 0.673. The maximum atomic E-state index is 12.0. The molecule has 2 rings (SSSR count). The molecule has 1 aliphatic heterocycles. The van der Waals surface area contributed by atoms with Gasteiger partial charge in [0.1, 0.15) is 0 Å². The Morgan fingerprint density at radius 3 is 2.56 bits per heavy atom. The summed E-state index contributed by atoms with van der Waals surface area (Å²) in [4.78, 5) is 23.0. The number of amides is 1. The van der Waals surface area contributed by atoms with Crippen molar-refractivity contribution in [1.82, 2.24) is 5.32 Å². The van der Waals surface area contributed by atoms with E-state index in [1.54, 1.807) is 24.3 Å². The number of benzene rings is 1. The second-order valence-corrected chi connectivity index (χ2v) is 4.95. The molecule has 1 heterocycles. The number of rotatable bonds is 2. The third-order valence-corrected chi connectivity index (χ3v) is 4.06. The van der Waals surface area contributed by atoms with Crippen LogP contribution in [0.5, 0.6) is 0 Å². The van der Waals surface area contributed by atoms with E-state index in [1.807, 2.05) is 6.07 Å². The summed E-state index contributed by atoms with van der Waals surface area (Å²) >= 11 is 4.56. The Morgan fingerprint density at radius 1 is 1.31 bits per heavy atom. The van der Waals surface area contributed by atoms with Crippen LogP contribution < -0.4 is 5.32 Å². The first kappa shape index (κ1) is 11.4. The summed E-state index contributed by atoms with van der Waals surface area (Å²) < 4.78 is 0.412. The zero-order valence-corrected chi connectivity index (χ0v) is 10.6. The lowest BCUT2D eigenvalue weighted by molar-refractivity contribution is -0.117. The number of ketones is 1. The highest BCUT2D eigenvalue weighted by Crippen LogP contribution is 2.28. The summed E-state index contributed by atoms with van der Waals surface area (Å²) in [5, 5.41) is 3.24. The number of hydrogen-bond acceptors (Lipinski definition) is 3. The summed E-state index contributed by atoms with van der Waals surface area (Å²) in [6.45, 7) is 0. The normalized spacial score (nSPS) is 18.2. The Labute approximate surface area is 105 Å². The van der Waals surface area contributed by atoms with E-state index in [-0.39, 0.29) is 11.7 Å². The van der Waals surface area contributed by atoms with Crippen LogP contribution in [0.3, 0.4) is 0 Å². The fourth-order valence-corrected chi connectivity index (χ4v) is 2.70. The van der Waals surface area contributed by atoms with Crippen molar-refractivity contribution in [2.24, 2.45) is 0 Å². The average molecular weight is 298 g/mol. The van der Waals surface area contributed by atoms with Crippen LogP contribution in [0.4, 0.5) is 0 Å². The van der Waals surface area contributed by atoms with Gasteiger partial charge in [-0.1, -0.05) is 42.1 Å². The molecule has 1 N–H and O–H groups in total. The number of hydrogen-bond donors (Lipinski definition) is 1. The van der Waals surface area contributed by atoms with Crippen LogP contribution in [-0.4, -0.2) is 17.4 Å². The topological polar surface area (TPSA) is 46.2 Å². The second-order valence-electron chi connectivity index (χ2n) is 3.18. The molecule has 0 bridgehead atoms. The van der Waals surface area contributed by atoms with Gasteiger partial charge >= 0.3 is 0 Å². The first-order valence-corrected chi connectivity index (χ1v) is 6.38. The maximum Gasteiger partial charge on any atom is 0.235 e. The number of halogens is 1. The molecule has 1 fully saturated rings. The predicted octanol–water partition coefficient (Wildman–Crippen LogP) is 2.30. The Morgan fingerprint density at radius 2 is 2.00 bits per heavy atom. The molecule has 0 aromatic heterocycles. The Kier molecular flexibility index (Phi) is 3.46. The molecule has 0 radical (unpaired) electrons. The molecule has 0 unspecified atom stereocenters. The van der Waals surface area contributed by atoms with Gasteiger partial charge in [-0.3, -0.25) is 9.59 Å². The van der Waals surface area contributed by atoms with E-state index >= 15 is 0 Å². The highest BCUT2D eigenvalue weighted by atomic mass is 79.9. The van der Waals surface area contributed by atoms with Gasteiger partial charge in [0.05, 0.1) is 15.3 Å². The van der Waals surface area contributed by atoms with Crippen LogP contribution >= 0.6 is 27.7 Å². The van der Waals surface area contributed by atoms with Crippen LogP contribution in [-0.2, 0) is 4.79 Å². The third-order valence-electron chi connectivity index (χ3n) is 2.04. The van der Waals surface area contributed by atoms with Crippen molar-refractivity contribution in [2.75, 3.05) is 5.75 Å². The molecule has 1 amide bonds. The van der Waals surface area contributed by atoms with Crippen molar-refractivity contribution < 1.29 is 9.59 Å². The van der Waals surface area contributed by atoms with Crippen molar-refractivity contribution in [3.63, 3.8) is 0 Å². The molecular formula is C11H8BrNO2S. The van der Waals surface area contributed by atoms with Crippen molar-refractivity contribution in [1.29, 1.82) is 0 Å². The lowest BCUT2D eigenvalue weighted by Gasteiger charge is -2.02. The van der Waals surface area contributed by atoms with Crippen molar-refractivity contribution in [2.45, 2.75) is 0 Å². The maximum absolute atomic E-state index is 12.0. The van der Waals surface area contributed by atoms with Crippen LogP contribution in [0, 0.1) is 0 Å². The molecule has 16 heavy (non-hydrogen) atoms. The van der Waals surface area contributed by atoms with E-state index in [0.717, 1.165) is 0 Å². The van der Waals surface area contributed by atoms with Gasteiger partial charge in [-0.15, -0.1) is 0 Å². The number of carbonyl (C=O) groups excluding carboxylic acids is 2. The molecule has 0 aliphatic carbocycles. The van der Waals surface area contributed by atoms with Crippen LogP contribution in [0.2, 0.25) is 0 Å². The molecule has 0 atom stereocenters. The Bertz CT molecular complexity index is 470. The summed E-state index contributed by atoms with van der Waals surface area (Å²) in [5.41, 5.74) is 0.601. The molecule has 0 saturated carbocycles. The summed E-state index contributed by atoms with van der Waals surface area (Å²) in [7, 11) is 0. The summed E-state index contributed by atoms with van der Waals surface area (Å²) in [6, 6.07) is 8.94. The number of nitrogens with one attached hydrogen (secondary N) is 1. The van der Waals surface area contributed by atoms with E-state index in [4.69, 9.17) is 0 Å². The lowest BCUT2D eigenvalue weighted by Crippen LogP contribution is -2.16. The van der Waals surface area contributed by atoms with Gasteiger partial charge in [-0.25, -0.2) is 0 Å². The largest absolute Gasteiger partial charge is 0.319 e. The van der Waals surface area contributed by atoms with Crippen molar-refractivity contribution in [3.05, 3.63) is 45.4 Å². The van der Waals surface area contributed by atoms with Gasteiger partial charge in [-0.2, -0.15) is 0 Å². The molecule has 0 spiro atoms. The van der Waals surface area contributed by atoms with E-state index in [1.165, 1.54) is 11.8 Å².